The fraction of sp³-hybridized carbons (Fsp3) is 0.800. The molecule has 0 bridgehead atoms. The molecule has 0 aliphatic rings. The fourth-order valence-corrected chi connectivity index (χ4v) is 0.654. The van der Waals surface area contributed by atoms with Crippen LogP contribution in [-0.4, -0.2) is 34.8 Å². The Morgan fingerprint density at radius 3 is 2.64 bits per heavy atom. The third kappa shape index (κ3) is 6.97. The normalized spacial score (nSPS) is 11.4. The summed E-state index contributed by atoms with van der Waals surface area (Å²) in [5.74, 6) is -0.960. The number of esters is 1. The van der Waals surface area contributed by atoms with Crippen LogP contribution >= 0.6 is 12.0 Å². The lowest BCUT2D eigenvalue weighted by atomic mass is 10.5. The molecule has 0 aliphatic heterocycles. The lowest BCUT2D eigenvalue weighted by Gasteiger charge is -2.12. The molecule has 84 valence electrons. The number of aliphatic hydroxyl groups excluding tert-OH is 1. The van der Waals surface area contributed by atoms with E-state index in [0.717, 1.165) is 0 Å². The molecular weight excluding hydrogens is 226 g/mol. The first-order valence-corrected chi connectivity index (χ1v) is 4.06. The topological polar surface area (TPSA) is 85.2 Å². The van der Waals surface area contributed by atoms with Crippen LogP contribution in [-0.2, 0) is 18.9 Å². The van der Waals surface area contributed by atoms with Gasteiger partial charge in [-0.2, -0.15) is 8.78 Å². The summed E-state index contributed by atoms with van der Waals surface area (Å²) in [7, 11) is 0. The molecule has 0 radical (unpaired) electrons. The van der Waals surface area contributed by atoms with Crippen molar-refractivity contribution in [3.8, 4) is 0 Å². The minimum Gasteiger partial charge on any atom is -0.458 e. The van der Waals surface area contributed by atoms with Crippen molar-refractivity contribution < 1.29 is 38.0 Å². The van der Waals surface area contributed by atoms with Gasteiger partial charge in [0.1, 0.15) is 12.0 Å². The van der Waals surface area contributed by atoms with Crippen LogP contribution in [0.2, 0.25) is 0 Å². The first kappa shape index (κ1) is 13.5. The van der Waals surface area contributed by atoms with Crippen LogP contribution in [0.4, 0.5) is 8.78 Å². The first-order chi connectivity index (χ1) is 6.52. The Morgan fingerprint density at radius 1 is 1.50 bits per heavy atom. The average Bonchev–Trinajstić information content (AvgIpc) is 2.13. The van der Waals surface area contributed by atoms with E-state index in [0.29, 0.717) is 0 Å². The zero-order chi connectivity index (χ0) is 11.0. The molecule has 0 aromatic heterocycles. The molecule has 14 heavy (non-hydrogen) atoms. The highest BCUT2D eigenvalue weighted by Crippen LogP contribution is 2.29. The second kappa shape index (κ2) is 6.90. The highest BCUT2D eigenvalue weighted by Gasteiger charge is 2.34. The number of carbonyl (C=O) groups excluding carboxylic acids is 1. The molecule has 0 aromatic carbocycles. The SMILES string of the molecule is O=C(CCO)OCC(F)(F)SOOO. The molecular formula is C5H8F2O6S. The number of carbonyl (C=O) groups is 1. The molecule has 0 rings (SSSR count). The lowest BCUT2D eigenvalue weighted by Crippen LogP contribution is -2.22. The summed E-state index contributed by atoms with van der Waals surface area (Å²) in [6.45, 7) is -1.71. The van der Waals surface area contributed by atoms with Gasteiger partial charge in [-0.05, 0) is 0 Å². The second-order valence-corrected chi connectivity index (χ2v) is 2.90. The largest absolute Gasteiger partial charge is 0.458 e. The Kier molecular flexibility index (Phi) is 6.66. The molecule has 0 aliphatic carbocycles. The zero-order valence-corrected chi connectivity index (χ0v) is 7.63. The van der Waals surface area contributed by atoms with Gasteiger partial charge < -0.3 is 9.84 Å². The molecule has 6 nitrogen and oxygen atoms in total. The van der Waals surface area contributed by atoms with Gasteiger partial charge in [0.15, 0.2) is 6.61 Å². The number of ether oxygens (including phenoxy) is 1. The molecule has 0 heterocycles. The Labute approximate surface area is 81.8 Å². The summed E-state index contributed by atoms with van der Waals surface area (Å²) in [6, 6.07) is 0. The predicted octanol–water partition coefficient (Wildman–Crippen LogP) is 0.574. The van der Waals surface area contributed by atoms with Gasteiger partial charge in [0.2, 0.25) is 0 Å². The number of hydrogen-bond acceptors (Lipinski definition) is 7. The summed E-state index contributed by atoms with van der Waals surface area (Å²) in [4.78, 5) is 10.5. The highest BCUT2D eigenvalue weighted by molar-refractivity contribution is 7.95. The van der Waals surface area contributed by atoms with E-state index < -0.39 is 36.5 Å². The quantitative estimate of drug-likeness (QED) is 0.288. The highest BCUT2D eigenvalue weighted by atomic mass is 32.2. The third-order valence-electron chi connectivity index (χ3n) is 0.903. The number of aliphatic hydroxyl groups is 1. The van der Waals surface area contributed by atoms with Crippen molar-refractivity contribution >= 4 is 18.0 Å². The predicted molar refractivity (Wildman–Crippen MR) is 40.0 cm³/mol. The maximum absolute atomic E-state index is 12.5. The minimum absolute atomic E-state index is 0.363. The number of hydrogen-bond donors (Lipinski definition) is 2. The van der Waals surface area contributed by atoms with Crippen molar-refractivity contribution in [1.82, 2.24) is 0 Å². The van der Waals surface area contributed by atoms with E-state index in [2.05, 4.69) is 14.1 Å². The minimum atomic E-state index is -3.53. The van der Waals surface area contributed by atoms with Crippen molar-refractivity contribution in [2.24, 2.45) is 0 Å². The summed E-state index contributed by atoms with van der Waals surface area (Å²) < 4.78 is 32.6. The first-order valence-electron chi connectivity index (χ1n) is 3.32. The van der Waals surface area contributed by atoms with E-state index in [9.17, 15) is 13.6 Å². The Balaban J connectivity index is 3.68. The molecule has 0 saturated carbocycles. The summed E-state index contributed by atoms with van der Waals surface area (Å²) in [5, 5.41) is 15.2. The van der Waals surface area contributed by atoms with Crippen LogP contribution in [0.15, 0.2) is 0 Å². The van der Waals surface area contributed by atoms with E-state index in [1.54, 1.807) is 0 Å². The van der Waals surface area contributed by atoms with Gasteiger partial charge >= 0.3 is 11.2 Å². The smallest absolute Gasteiger partial charge is 0.354 e. The monoisotopic (exact) mass is 234 g/mol. The molecule has 0 atom stereocenters. The Morgan fingerprint density at radius 2 is 2.14 bits per heavy atom. The van der Waals surface area contributed by atoms with Gasteiger partial charge in [0.05, 0.1) is 13.0 Å². The number of rotatable bonds is 7. The van der Waals surface area contributed by atoms with Crippen molar-refractivity contribution in [2.45, 2.75) is 11.7 Å². The van der Waals surface area contributed by atoms with Gasteiger partial charge in [0.25, 0.3) is 0 Å². The van der Waals surface area contributed by atoms with Crippen LogP contribution in [0.25, 0.3) is 0 Å². The van der Waals surface area contributed by atoms with Crippen LogP contribution in [0.1, 0.15) is 6.42 Å². The van der Waals surface area contributed by atoms with Crippen molar-refractivity contribution in [3.05, 3.63) is 0 Å². The maximum Gasteiger partial charge on any atom is 0.354 e. The van der Waals surface area contributed by atoms with Gasteiger partial charge in [-0.15, -0.1) is 4.33 Å². The maximum atomic E-state index is 12.5. The summed E-state index contributed by atoms with van der Waals surface area (Å²) in [6.07, 6.45) is -0.363. The average molecular weight is 234 g/mol. The standard InChI is InChI=1S/C5H8F2O6S/c6-5(7,14-13-12-10)3-11-4(9)1-2-8/h8,10H,1-3H2. The molecule has 0 unspecified atom stereocenters. The lowest BCUT2D eigenvalue weighted by molar-refractivity contribution is -0.433. The van der Waals surface area contributed by atoms with Gasteiger partial charge in [-0.25, -0.2) is 5.26 Å². The van der Waals surface area contributed by atoms with E-state index in [1.807, 2.05) is 0 Å². The molecule has 0 aromatic rings. The molecule has 0 saturated heterocycles. The van der Waals surface area contributed by atoms with Gasteiger partial charge in [-0.3, -0.25) is 4.79 Å². The van der Waals surface area contributed by atoms with Crippen LogP contribution in [0.3, 0.4) is 0 Å². The van der Waals surface area contributed by atoms with E-state index in [-0.39, 0.29) is 6.42 Å². The summed E-state index contributed by atoms with van der Waals surface area (Å²) in [5.41, 5.74) is 0. The van der Waals surface area contributed by atoms with Crippen LogP contribution in [0.5, 0.6) is 0 Å². The van der Waals surface area contributed by atoms with Crippen molar-refractivity contribution in [1.29, 1.82) is 0 Å². The molecule has 0 amide bonds. The molecule has 9 heteroatoms. The van der Waals surface area contributed by atoms with E-state index in [1.165, 1.54) is 0 Å². The van der Waals surface area contributed by atoms with Crippen LogP contribution in [0, 0.1) is 0 Å². The Hall–Kier alpha value is -0.480. The Bertz CT molecular complexity index is 178. The second-order valence-electron chi connectivity index (χ2n) is 2.00. The van der Waals surface area contributed by atoms with Gasteiger partial charge in [0, 0.05) is 0 Å². The van der Waals surface area contributed by atoms with Gasteiger partial charge in [-0.1, -0.05) is 5.04 Å². The van der Waals surface area contributed by atoms with E-state index >= 15 is 0 Å². The molecule has 0 spiro atoms. The number of alkyl halides is 2. The third-order valence-corrected chi connectivity index (χ3v) is 1.39. The zero-order valence-electron chi connectivity index (χ0n) is 6.81. The fourth-order valence-electron chi connectivity index (χ4n) is 0.417. The summed E-state index contributed by atoms with van der Waals surface area (Å²) >= 11 is -0.506. The molecule has 0 fully saturated rings. The van der Waals surface area contributed by atoms with Crippen LogP contribution < -0.4 is 0 Å². The number of halogens is 2. The van der Waals surface area contributed by atoms with Crippen molar-refractivity contribution in [3.63, 3.8) is 0 Å². The molecule has 2 N–H and O–H groups in total. The van der Waals surface area contributed by atoms with E-state index in [4.69, 9.17) is 10.4 Å². The van der Waals surface area contributed by atoms with Crippen molar-refractivity contribution in [2.75, 3.05) is 13.2 Å².